The van der Waals surface area contributed by atoms with E-state index in [1.807, 2.05) is 12.2 Å². The number of carbonyl (C=O) groups excluding carboxylic acids is 3. The van der Waals surface area contributed by atoms with Crippen LogP contribution in [0.1, 0.15) is 22.3 Å². The van der Waals surface area contributed by atoms with Crippen LogP contribution in [-0.2, 0) is 9.59 Å². The lowest BCUT2D eigenvalue weighted by Gasteiger charge is -2.13. The maximum absolute atomic E-state index is 12.9. The van der Waals surface area contributed by atoms with Crippen molar-refractivity contribution < 1.29 is 28.8 Å². The molecule has 2 aliphatic carbocycles. The maximum atomic E-state index is 12.9. The standard InChI is InChI=1S/C24H18ClN3O7/c1-34-18-8-7-15(25)10-16(18)24(31)35-21-14(3-2-4-17(21)28(32)33)11-26-27-22(29)19-12-5-6-13(9-12)20(19)23(27)30/h2-8,10-13,19-20H,9H2,1H3/t12-,13-,19-,20+/m0/s1. The molecule has 0 N–H and O–H groups in total. The van der Waals surface area contributed by atoms with Crippen molar-refractivity contribution in [2.24, 2.45) is 28.8 Å². The predicted octanol–water partition coefficient (Wildman–Crippen LogP) is 3.62. The molecule has 11 heteroatoms. The van der Waals surface area contributed by atoms with Gasteiger partial charge in [0.15, 0.2) is 0 Å². The van der Waals surface area contributed by atoms with Crippen molar-refractivity contribution in [1.82, 2.24) is 5.01 Å². The number of amides is 2. The van der Waals surface area contributed by atoms with E-state index in [1.54, 1.807) is 0 Å². The number of rotatable bonds is 6. The Kier molecular flexibility index (Phi) is 5.60. The largest absolute Gasteiger partial charge is 0.496 e. The fourth-order valence-corrected chi connectivity index (χ4v) is 5.18. The first-order valence-electron chi connectivity index (χ1n) is 10.7. The second kappa shape index (κ2) is 8.62. The van der Waals surface area contributed by atoms with E-state index < -0.39 is 46.0 Å². The van der Waals surface area contributed by atoms with Crippen LogP contribution in [0.4, 0.5) is 5.69 Å². The van der Waals surface area contributed by atoms with Gasteiger partial charge in [0.25, 0.3) is 11.8 Å². The summed E-state index contributed by atoms with van der Waals surface area (Å²) in [6.07, 6.45) is 5.82. The molecule has 3 aliphatic rings. The summed E-state index contributed by atoms with van der Waals surface area (Å²) in [5.41, 5.74) is -0.504. The van der Waals surface area contributed by atoms with Crippen molar-refractivity contribution in [2.75, 3.05) is 7.11 Å². The maximum Gasteiger partial charge on any atom is 0.347 e. The number of nitro benzene ring substituents is 1. The number of hydrazone groups is 1. The highest BCUT2D eigenvalue weighted by Gasteiger charge is 2.59. The molecule has 2 aromatic rings. The zero-order valence-electron chi connectivity index (χ0n) is 18.3. The SMILES string of the molecule is COc1ccc(Cl)cc1C(=O)Oc1c(C=NN2C(=O)[C@@H]3[C@H](C2=O)[C@H]2C=C[C@H]3C2)cccc1[N+](=O)[O-]. The summed E-state index contributed by atoms with van der Waals surface area (Å²) in [5.74, 6) is -2.82. The van der Waals surface area contributed by atoms with E-state index in [2.05, 4.69) is 5.10 Å². The zero-order valence-corrected chi connectivity index (χ0v) is 19.0. The van der Waals surface area contributed by atoms with Gasteiger partial charge in [-0.15, -0.1) is 0 Å². The number of imide groups is 1. The molecule has 2 bridgehead atoms. The molecule has 178 valence electrons. The van der Waals surface area contributed by atoms with Crippen molar-refractivity contribution in [3.05, 3.63) is 74.8 Å². The van der Waals surface area contributed by atoms with Crippen molar-refractivity contribution in [2.45, 2.75) is 6.42 Å². The van der Waals surface area contributed by atoms with E-state index in [0.717, 1.165) is 23.7 Å². The normalized spacial score (nSPS) is 24.3. The van der Waals surface area contributed by atoms with Crippen molar-refractivity contribution in [3.8, 4) is 11.5 Å². The van der Waals surface area contributed by atoms with Crippen LogP contribution in [-0.4, -0.2) is 41.0 Å². The lowest BCUT2D eigenvalue weighted by atomic mass is 9.85. The summed E-state index contributed by atoms with van der Waals surface area (Å²) in [7, 11) is 1.35. The average Bonchev–Trinajstić information content (AvgIpc) is 3.52. The van der Waals surface area contributed by atoms with Crippen molar-refractivity contribution in [3.63, 3.8) is 0 Å². The van der Waals surface area contributed by atoms with Crippen LogP contribution in [0.5, 0.6) is 11.5 Å². The number of carbonyl (C=O) groups is 3. The van der Waals surface area contributed by atoms with Crippen molar-refractivity contribution in [1.29, 1.82) is 0 Å². The number of nitrogens with zero attached hydrogens (tertiary/aromatic N) is 3. The Hall–Kier alpha value is -4.05. The van der Waals surface area contributed by atoms with Crippen LogP contribution >= 0.6 is 11.6 Å². The minimum atomic E-state index is -0.946. The van der Waals surface area contributed by atoms with E-state index in [-0.39, 0.29) is 33.7 Å². The van der Waals surface area contributed by atoms with E-state index in [9.17, 15) is 24.5 Å². The van der Waals surface area contributed by atoms with Gasteiger partial charge in [-0.3, -0.25) is 19.7 Å². The lowest BCUT2D eigenvalue weighted by molar-refractivity contribution is -0.385. The first-order valence-corrected chi connectivity index (χ1v) is 11.1. The molecule has 1 aliphatic heterocycles. The number of methoxy groups -OCH3 is 1. The molecule has 2 aromatic carbocycles. The lowest BCUT2D eigenvalue weighted by Crippen LogP contribution is -2.28. The molecule has 1 heterocycles. The molecular weight excluding hydrogens is 478 g/mol. The highest BCUT2D eigenvalue weighted by atomic mass is 35.5. The van der Waals surface area contributed by atoms with Crippen LogP contribution in [0.2, 0.25) is 5.02 Å². The van der Waals surface area contributed by atoms with Gasteiger partial charge in [-0.1, -0.05) is 29.8 Å². The molecule has 0 radical (unpaired) electrons. The summed E-state index contributed by atoms with van der Waals surface area (Å²) in [6, 6.07) is 8.25. The molecule has 2 amide bonds. The van der Waals surface area contributed by atoms with Crippen LogP contribution in [0.15, 0.2) is 53.7 Å². The van der Waals surface area contributed by atoms with E-state index in [1.165, 1.54) is 37.4 Å². The van der Waals surface area contributed by atoms with Gasteiger partial charge in [0.05, 0.1) is 30.1 Å². The minimum absolute atomic E-state index is 0.0173. The molecule has 1 saturated carbocycles. The molecule has 5 rings (SSSR count). The Bertz CT molecular complexity index is 1310. The average molecular weight is 496 g/mol. The summed E-state index contributed by atoms with van der Waals surface area (Å²) in [6.45, 7) is 0. The third-order valence-electron chi connectivity index (χ3n) is 6.56. The first kappa shape index (κ1) is 22.7. The molecule has 10 nitrogen and oxygen atoms in total. The predicted molar refractivity (Wildman–Crippen MR) is 123 cm³/mol. The fraction of sp³-hybridized carbons (Fsp3) is 0.250. The van der Waals surface area contributed by atoms with E-state index >= 15 is 0 Å². The van der Waals surface area contributed by atoms with Gasteiger partial charge >= 0.3 is 11.7 Å². The smallest absolute Gasteiger partial charge is 0.347 e. The molecule has 2 fully saturated rings. The Morgan fingerprint density at radius 1 is 1.17 bits per heavy atom. The summed E-state index contributed by atoms with van der Waals surface area (Å²) in [4.78, 5) is 49.6. The number of allylic oxidation sites excluding steroid dienone is 2. The number of para-hydroxylation sites is 1. The molecule has 0 spiro atoms. The Morgan fingerprint density at radius 3 is 2.49 bits per heavy atom. The van der Waals surface area contributed by atoms with Crippen LogP contribution in [0.3, 0.4) is 0 Å². The van der Waals surface area contributed by atoms with Gasteiger partial charge in [0, 0.05) is 16.7 Å². The number of hydrogen-bond donors (Lipinski definition) is 0. The molecule has 1 saturated heterocycles. The first-order chi connectivity index (χ1) is 16.8. The number of esters is 1. The fourth-order valence-electron chi connectivity index (χ4n) is 5.01. The van der Waals surface area contributed by atoms with Gasteiger partial charge in [-0.05, 0) is 42.5 Å². The number of hydrogen-bond acceptors (Lipinski definition) is 8. The number of ether oxygens (including phenoxy) is 2. The second-order valence-electron chi connectivity index (χ2n) is 8.42. The number of halogens is 1. The summed E-state index contributed by atoms with van der Waals surface area (Å²) < 4.78 is 10.6. The number of benzene rings is 2. The van der Waals surface area contributed by atoms with Gasteiger partial charge in [-0.2, -0.15) is 10.1 Å². The van der Waals surface area contributed by atoms with Crippen LogP contribution in [0.25, 0.3) is 0 Å². The Morgan fingerprint density at radius 2 is 1.86 bits per heavy atom. The van der Waals surface area contributed by atoms with Gasteiger partial charge in [0.2, 0.25) is 5.75 Å². The van der Waals surface area contributed by atoms with Gasteiger partial charge in [0.1, 0.15) is 11.3 Å². The second-order valence-corrected chi connectivity index (χ2v) is 8.86. The third kappa shape index (κ3) is 3.75. The zero-order chi connectivity index (χ0) is 24.9. The van der Waals surface area contributed by atoms with E-state index in [4.69, 9.17) is 21.1 Å². The highest BCUT2D eigenvalue weighted by Crippen LogP contribution is 2.52. The third-order valence-corrected chi connectivity index (χ3v) is 6.79. The quantitative estimate of drug-likeness (QED) is 0.114. The minimum Gasteiger partial charge on any atom is -0.496 e. The van der Waals surface area contributed by atoms with Crippen molar-refractivity contribution >= 4 is 41.3 Å². The molecule has 0 unspecified atom stereocenters. The topological polar surface area (TPSA) is 128 Å². The number of fused-ring (bicyclic) bond motifs is 5. The molecular formula is C24H18ClN3O7. The molecule has 35 heavy (non-hydrogen) atoms. The van der Waals surface area contributed by atoms with E-state index in [0.29, 0.717) is 0 Å². The van der Waals surface area contributed by atoms with Crippen LogP contribution < -0.4 is 9.47 Å². The summed E-state index contributed by atoms with van der Waals surface area (Å²) >= 11 is 5.98. The molecule has 0 aromatic heterocycles. The van der Waals surface area contributed by atoms with Gasteiger partial charge < -0.3 is 9.47 Å². The number of nitro groups is 1. The monoisotopic (exact) mass is 495 g/mol. The Labute approximate surface area is 203 Å². The van der Waals surface area contributed by atoms with Gasteiger partial charge in [-0.25, -0.2) is 4.79 Å². The highest BCUT2D eigenvalue weighted by molar-refractivity contribution is 6.31. The van der Waals surface area contributed by atoms with Crippen LogP contribution in [0, 0.1) is 33.8 Å². The Balaban J connectivity index is 1.47. The summed E-state index contributed by atoms with van der Waals surface area (Å²) in [5, 5.41) is 16.7. The molecule has 4 atom stereocenters.